The Morgan fingerprint density at radius 1 is 1.23 bits per heavy atom. The minimum absolute atomic E-state index is 0.0155. The second-order valence-electron chi connectivity index (χ2n) is 4.73. The molecule has 2 aromatic rings. The Bertz CT molecular complexity index is 933. The lowest BCUT2D eigenvalue weighted by atomic mass is 10.3. The monoisotopic (exact) mass is 363 g/mol. The van der Waals surface area contributed by atoms with Gasteiger partial charge in [-0.05, 0) is 25.1 Å². The lowest BCUT2D eigenvalue weighted by Gasteiger charge is -2.09. The number of benzene rings is 1. The minimum atomic E-state index is -3.98. The van der Waals surface area contributed by atoms with Gasteiger partial charge in [0.15, 0.2) is 9.84 Å². The van der Waals surface area contributed by atoms with Crippen molar-refractivity contribution in [3.63, 3.8) is 0 Å². The molecular weight excluding hydrogens is 350 g/mol. The first-order valence-electron chi connectivity index (χ1n) is 6.04. The average Bonchev–Trinajstić information content (AvgIpc) is 2.62. The molecule has 1 aromatic heterocycles. The Kier molecular flexibility index (Phi) is 4.24. The Morgan fingerprint density at radius 3 is 2.36 bits per heavy atom. The number of rotatable bonds is 4. The van der Waals surface area contributed by atoms with E-state index in [1.807, 2.05) is 0 Å². The van der Waals surface area contributed by atoms with Crippen LogP contribution in [-0.4, -0.2) is 32.9 Å². The number of anilines is 1. The summed E-state index contributed by atoms with van der Waals surface area (Å²) in [6.07, 6.45) is 1.04. The van der Waals surface area contributed by atoms with Crippen molar-refractivity contribution in [3.05, 3.63) is 35.1 Å². The highest BCUT2D eigenvalue weighted by atomic mass is 35.5. The van der Waals surface area contributed by atoms with E-state index in [-0.39, 0.29) is 26.3 Å². The number of aryl methyl sites for hydroxylation is 2. The molecule has 0 spiro atoms. The molecule has 0 fully saturated rings. The molecule has 0 bridgehead atoms. The SMILES string of the molecule is Cc1nn(C)c(Cl)c1S(=O)(=O)Nc1cccc(S(C)(=O)=O)c1. The van der Waals surface area contributed by atoms with Crippen molar-refractivity contribution in [2.75, 3.05) is 11.0 Å². The number of aromatic nitrogens is 2. The van der Waals surface area contributed by atoms with Gasteiger partial charge in [-0.15, -0.1) is 0 Å². The summed E-state index contributed by atoms with van der Waals surface area (Å²) < 4.78 is 51.4. The van der Waals surface area contributed by atoms with Gasteiger partial charge in [0.1, 0.15) is 10.0 Å². The number of sulfonamides is 1. The molecular formula is C12H14ClN3O4S2. The highest BCUT2D eigenvalue weighted by Crippen LogP contribution is 2.27. The Balaban J connectivity index is 2.46. The first kappa shape index (κ1) is 16.8. The van der Waals surface area contributed by atoms with Gasteiger partial charge in [-0.1, -0.05) is 17.7 Å². The van der Waals surface area contributed by atoms with Gasteiger partial charge in [0.05, 0.1) is 16.3 Å². The summed E-state index contributed by atoms with van der Waals surface area (Å²) >= 11 is 5.95. The number of sulfone groups is 1. The summed E-state index contributed by atoms with van der Waals surface area (Å²) in [5, 5.41) is 3.92. The van der Waals surface area contributed by atoms with Crippen molar-refractivity contribution in [2.24, 2.45) is 7.05 Å². The van der Waals surface area contributed by atoms with E-state index in [2.05, 4.69) is 9.82 Å². The number of halogens is 1. The standard InChI is InChI=1S/C12H14ClN3O4S2/c1-8-11(12(13)16(2)14-8)22(19,20)15-9-5-4-6-10(7-9)21(3,17)18/h4-7,15H,1-3H3. The molecule has 7 nitrogen and oxygen atoms in total. The predicted molar refractivity (Wildman–Crippen MR) is 83.3 cm³/mol. The fraction of sp³-hybridized carbons (Fsp3) is 0.250. The van der Waals surface area contributed by atoms with Crippen molar-refractivity contribution in [1.82, 2.24) is 9.78 Å². The largest absolute Gasteiger partial charge is 0.279 e. The van der Waals surface area contributed by atoms with Crippen LogP contribution in [0.15, 0.2) is 34.1 Å². The van der Waals surface area contributed by atoms with Gasteiger partial charge < -0.3 is 0 Å². The molecule has 22 heavy (non-hydrogen) atoms. The normalized spacial score (nSPS) is 12.4. The van der Waals surface area contributed by atoms with Crippen molar-refractivity contribution >= 4 is 37.1 Å². The van der Waals surface area contributed by atoms with Crippen molar-refractivity contribution in [1.29, 1.82) is 0 Å². The van der Waals surface area contributed by atoms with Crippen LogP contribution in [-0.2, 0) is 26.9 Å². The second kappa shape index (κ2) is 5.56. The minimum Gasteiger partial charge on any atom is -0.279 e. The van der Waals surface area contributed by atoms with Crippen LogP contribution in [0.4, 0.5) is 5.69 Å². The maximum absolute atomic E-state index is 12.4. The van der Waals surface area contributed by atoms with E-state index in [0.29, 0.717) is 0 Å². The van der Waals surface area contributed by atoms with Crippen LogP contribution in [0.2, 0.25) is 5.15 Å². The molecule has 10 heteroatoms. The molecule has 0 aliphatic carbocycles. The molecule has 0 aliphatic heterocycles. The topological polar surface area (TPSA) is 98.1 Å². The molecule has 0 amide bonds. The molecule has 0 saturated heterocycles. The lowest BCUT2D eigenvalue weighted by molar-refractivity contribution is 0.598. The summed E-state index contributed by atoms with van der Waals surface area (Å²) in [6, 6.07) is 5.53. The zero-order valence-electron chi connectivity index (χ0n) is 12.0. The van der Waals surface area contributed by atoms with Gasteiger partial charge in [0.25, 0.3) is 10.0 Å². The first-order chi connectivity index (χ1) is 10.0. The lowest BCUT2D eigenvalue weighted by Crippen LogP contribution is -2.14. The molecule has 1 aromatic carbocycles. The van der Waals surface area contributed by atoms with Crippen LogP contribution in [0.5, 0.6) is 0 Å². The maximum Gasteiger partial charge on any atom is 0.266 e. The van der Waals surface area contributed by atoms with Crippen LogP contribution >= 0.6 is 11.6 Å². The van der Waals surface area contributed by atoms with Crippen LogP contribution in [0, 0.1) is 6.92 Å². The van der Waals surface area contributed by atoms with Gasteiger partial charge in [0, 0.05) is 13.3 Å². The molecule has 0 unspecified atom stereocenters. The number of nitrogens with zero attached hydrogens (tertiary/aromatic N) is 2. The third kappa shape index (κ3) is 3.26. The first-order valence-corrected chi connectivity index (χ1v) is 9.79. The molecule has 2 rings (SSSR count). The van der Waals surface area contributed by atoms with E-state index in [0.717, 1.165) is 6.26 Å². The van der Waals surface area contributed by atoms with E-state index in [1.165, 1.54) is 42.9 Å². The molecule has 0 aliphatic rings. The van der Waals surface area contributed by atoms with Crippen LogP contribution < -0.4 is 4.72 Å². The fourth-order valence-corrected chi connectivity index (χ4v) is 4.38. The molecule has 0 saturated carbocycles. The third-order valence-electron chi connectivity index (χ3n) is 2.88. The van der Waals surface area contributed by atoms with Crippen molar-refractivity contribution in [3.8, 4) is 0 Å². The summed E-state index contributed by atoms with van der Waals surface area (Å²) in [5.74, 6) is 0. The second-order valence-corrected chi connectivity index (χ2v) is 8.73. The smallest absolute Gasteiger partial charge is 0.266 e. The van der Waals surface area contributed by atoms with Crippen molar-refractivity contribution in [2.45, 2.75) is 16.7 Å². The van der Waals surface area contributed by atoms with Gasteiger partial charge >= 0.3 is 0 Å². The number of hydrogen-bond donors (Lipinski definition) is 1. The van der Waals surface area contributed by atoms with Crippen LogP contribution in [0.3, 0.4) is 0 Å². The fourth-order valence-electron chi connectivity index (χ4n) is 1.91. The van der Waals surface area contributed by atoms with E-state index in [4.69, 9.17) is 11.6 Å². The maximum atomic E-state index is 12.4. The molecule has 1 N–H and O–H groups in total. The van der Waals surface area contributed by atoms with Gasteiger partial charge in [-0.25, -0.2) is 16.8 Å². The third-order valence-corrected chi connectivity index (χ3v) is 6.07. The van der Waals surface area contributed by atoms with E-state index < -0.39 is 19.9 Å². The average molecular weight is 364 g/mol. The predicted octanol–water partition coefficient (Wildman–Crippen LogP) is 1.59. The van der Waals surface area contributed by atoms with E-state index in [9.17, 15) is 16.8 Å². The Labute approximate surface area is 133 Å². The summed E-state index contributed by atoms with van der Waals surface area (Å²) in [4.78, 5) is -0.122. The molecule has 1 heterocycles. The highest BCUT2D eigenvalue weighted by molar-refractivity contribution is 7.93. The van der Waals surface area contributed by atoms with Gasteiger partial charge in [0.2, 0.25) is 0 Å². The van der Waals surface area contributed by atoms with Crippen LogP contribution in [0.1, 0.15) is 5.69 Å². The van der Waals surface area contributed by atoms with E-state index >= 15 is 0 Å². The zero-order valence-corrected chi connectivity index (χ0v) is 14.4. The summed E-state index contributed by atoms with van der Waals surface area (Å²) in [5.41, 5.74) is 0.376. The Morgan fingerprint density at radius 2 is 1.86 bits per heavy atom. The molecule has 0 atom stereocenters. The highest BCUT2D eigenvalue weighted by Gasteiger charge is 2.25. The summed E-state index contributed by atoms with van der Waals surface area (Å²) in [7, 11) is -5.88. The van der Waals surface area contributed by atoms with Gasteiger partial charge in [-0.3, -0.25) is 9.40 Å². The summed E-state index contributed by atoms with van der Waals surface area (Å²) in [6.45, 7) is 1.52. The van der Waals surface area contributed by atoms with Gasteiger partial charge in [-0.2, -0.15) is 5.10 Å². The number of hydrogen-bond acceptors (Lipinski definition) is 5. The Hall–Kier alpha value is -1.58. The number of nitrogens with one attached hydrogen (secondary N) is 1. The quantitative estimate of drug-likeness (QED) is 0.889. The van der Waals surface area contributed by atoms with Crippen LogP contribution in [0.25, 0.3) is 0 Å². The zero-order chi connectivity index (χ0) is 16.7. The van der Waals surface area contributed by atoms with Crippen molar-refractivity contribution < 1.29 is 16.8 Å². The molecule has 0 radical (unpaired) electrons. The molecule has 120 valence electrons. The van der Waals surface area contributed by atoms with E-state index in [1.54, 1.807) is 0 Å².